The summed E-state index contributed by atoms with van der Waals surface area (Å²) in [5.74, 6) is 0.151. The minimum Gasteiger partial charge on any atom is -0.348 e. The van der Waals surface area contributed by atoms with Crippen LogP contribution in [-0.2, 0) is 10.0 Å². The lowest BCUT2D eigenvalue weighted by atomic mass is 10.2. The summed E-state index contributed by atoms with van der Waals surface area (Å²) in [5.41, 5.74) is 0.372. The second kappa shape index (κ2) is 4.56. The lowest BCUT2D eigenvalue weighted by Gasteiger charge is -2.04. The monoisotopic (exact) mass is 298 g/mol. The number of nitrogens with two attached hydrogens (primary N) is 1. The molecule has 2 aliphatic rings. The molecule has 0 bridgehead atoms. The van der Waals surface area contributed by atoms with Crippen molar-refractivity contribution in [3.05, 3.63) is 11.4 Å². The SMILES string of the molecule is CCC1CC1NC(=O)c1n[nH]c(C2CC2)c1S(N)(=O)=O. The Kier molecular flexibility index (Phi) is 3.09. The number of aromatic nitrogens is 2. The molecule has 0 radical (unpaired) electrons. The van der Waals surface area contributed by atoms with Crippen molar-refractivity contribution in [3.63, 3.8) is 0 Å². The highest BCUT2D eigenvalue weighted by atomic mass is 32.2. The third-order valence-corrected chi connectivity index (χ3v) is 4.98. The van der Waals surface area contributed by atoms with E-state index in [1.54, 1.807) is 0 Å². The van der Waals surface area contributed by atoms with Crippen LogP contribution in [-0.4, -0.2) is 30.6 Å². The summed E-state index contributed by atoms with van der Waals surface area (Å²) in [6, 6.07) is 0.127. The minimum atomic E-state index is -3.96. The molecule has 2 unspecified atom stereocenters. The van der Waals surface area contributed by atoms with Gasteiger partial charge in [0.15, 0.2) is 5.69 Å². The fraction of sp³-hybridized carbons (Fsp3) is 0.667. The summed E-state index contributed by atoms with van der Waals surface area (Å²) in [6.45, 7) is 2.06. The van der Waals surface area contributed by atoms with Crippen LogP contribution in [0.15, 0.2) is 4.90 Å². The lowest BCUT2D eigenvalue weighted by molar-refractivity contribution is 0.0940. The summed E-state index contributed by atoms with van der Waals surface area (Å²) < 4.78 is 23.5. The van der Waals surface area contributed by atoms with Crippen molar-refractivity contribution in [2.75, 3.05) is 0 Å². The molecule has 20 heavy (non-hydrogen) atoms. The average Bonchev–Trinajstić information content (AvgIpc) is 3.27. The summed E-state index contributed by atoms with van der Waals surface area (Å²) in [4.78, 5) is 12.0. The van der Waals surface area contributed by atoms with E-state index in [-0.39, 0.29) is 22.5 Å². The van der Waals surface area contributed by atoms with Crippen molar-refractivity contribution in [1.82, 2.24) is 15.5 Å². The molecule has 4 N–H and O–H groups in total. The Balaban J connectivity index is 1.87. The number of nitrogens with zero attached hydrogens (tertiary/aromatic N) is 1. The van der Waals surface area contributed by atoms with E-state index in [2.05, 4.69) is 22.4 Å². The van der Waals surface area contributed by atoms with Crippen LogP contribution in [0.2, 0.25) is 0 Å². The molecule has 0 saturated heterocycles. The summed E-state index contributed by atoms with van der Waals surface area (Å²) in [5, 5.41) is 14.6. The highest BCUT2D eigenvalue weighted by molar-refractivity contribution is 7.89. The van der Waals surface area contributed by atoms with E-state index in [1.165, 1.54) is 0 Å². The molecule has 110 valence electrons. The lowest BCUT2D eigenvalue weighted by Crippen LogP contribution is -2.29. The van der Waals surface area contributed by atoms with Crippen LogP contribution in [0.4, 0.5) is 0 Å². The molecule has 2 aliphatic carbocycles. The zero-order valence-corrected chi connectivity index (χ0v) is 12.0. The topological polar surface area (TPSA) is 118 Å². The molecular weight excluding hydrogens is 280 g/mol. The highest BCUT2D eigenvalue weighted by Gasteiger charge is 2.40. The molecule has 1 amide bonds. The van der Waals surface area contributed by atoms with Crippen LogP contribution in [0.3, 0.4) is 0 Å². The molecule has 3 rings (SSSR count). The second-order valence-corrected chi connectivity index (χ2v) is 7.12. The van der Waals surface area contributed by atoms with Gasteiger partial charge in [0, 0.05) is 12.0 Å². The van der Waals surface area contributed by atoms with Crippen molar-refractivity contribution < 1.29 is 13.2 Å². The summed E-state index contributed by atoms with van der Waals surface area (Å²) >= 11 is 0. The van der Waals surface area contributed by atoms with Gasteiger partial charge in [-0.25, -0.2) is 13.6 Å². The van der Waals surface area contributed by atoms with E-state index in [4.69, 9.17) is 5.14 Å². The highest BCUT2D eigenvalue weighted by Crippen LogP contribution is 2.42. The Labute approximate surface area is 117 Å². The zero-order chi connectivity index (χ0) is 14.5. The zero-order valence-electron chi connectivity index (χ0n) is 11.2. The van der Waals surface area contributed by atoms with Gasteiger partial charge in [-0.15, -0.1) is 0 Å². The first-order chi connectivity index (χ1) is 9.41. The van der Waals surface area contributed by atoms with Gasteiger partial charge in [0.25, 0.3) is 5.91 Å². The van der Waals surface area contributed by atoms with Crippen molar-refractivity contribution in [2.24, 2.45) is 11.1 Å². The quantitative estimate of drug-likeness (QED) is 0.732. The number of nitrogens with one attached hydrogen (secondary N) is 2. The maximum Gasteiger partial charge on any atom is 0.273 e. The van der Waals surface area contributed by atoms with E-state index in [1.807, 2.05) is 0 Å². The predicted molar refractivity (Wildman–Crippen MR) is 71.6 cm³/mol. The van der Waals surface area contributed by atoms with Crippen LogP contribution in [0.5, 0.6) is 0 Å². The van der Waals surface area contributed by atoms with E-state index in [9.17, 15) is 13.2 Å². The number of amides is 1. The summed E-state index contributed by atoms with van der Waals surface area (Å²) in [7, 11) is -3.96. The first-order valence-electron chi connectivity index (χ1n) is 6.83. The maximum absolute atomic E-state index is 12.2. The van der Waals surface area contributed by atoms with E-state index in [0.717, 1.165) is 25.7 Å². The van der Waals surface area contributed by atoms with Crippen LogP contribution >= 0.6 is 0 Å². The van der Waals surface area contributed by atoms with Crippen molar-refractivity contribution in [2.45, 2.75) is 49.5 Å². The first kappa shape index (κ1) is 13.6. The standard InChI is InChI=1S/C12H18N4O3S/c1-2-6-5-8(6)14-12(17)10-11(20(13,18)19)9(15-16-10)7-3-4-7/h6-8H,2-5H2,1H3,(H,14,17)(H,15,16)(H2,13,18,19). The first-order valence-corrected chi connectivity index (χ1v) is 8.38. The van der Waals surface area contributed by atoms with Gasteiger partial charge in [-0.05, 0) is 25.2 Å². The van der Waals surface area contributed by atoms with Crippen molar-refractivity contribution in [3.8, 4) is 0 Å². The van der Waals surface area contributed by atoms with Gasteiger partial charge in [0.05, 0.1) is 5.69 Å². The van der Waals surface area contributed by atoms with Crippen LogP contribution in [0.25, 0.3) is 0 Å². The third-order valence-electron chi connectivity index (χ3n) is 4.00. The Morgan fingerprint density at radius 1 is 1.50 bits per heavy atom. The van der Waals surface area contributed by atoms with Gasteiger partial charge >= 0.3 is 0 Å². The van der Waals surface area contributed by atoms with E-state index >= 15 is 0 Å². The summed E-state index contributed by atoms with van der Waals surface area (Å²) in [6.07, 6.45) is 3.73. The molecule has 2 fully saturated rings. The fourth-order valence-corrected chi connectivity index (χ4v) is 3.47. The van der Waals surface area contributed by atoms with Gasteiger partial charge in [-0.3, -0.25) is 9.89 Å². The fourth-order valence-electron chi connectivity index (χ4n) is 2.55. The number of hydrogen-bond donors (Lipinski definition) is 3. The number of carbonyl (C=O) groups excluding carboxylic acids is 1. The molecular formula is C12H18N4O3S. The van der Waals surface area contributed by atoms with Crippen LogP contribution in [0.1, 0.15) is 54.7 Å². The Morgan fingerprint density at radius 2 is 2.20 bits per heavy atom. The van der Waals surface area contributed by atoms with Crippen molar-refractivity contribution in [1.29, 1.82) is 0 Å². The van der Waals surface area contributed by atoms with Gasteiger partial charge in [-0.2, -0.15) is 5.10 Å². The molecule has 2 saturated carbocycles. The van der Waals surface area contributed by atoms with Crippen LogP contribution in [0, 0.1) is 5.92 Å². The molecule has 8 heteroatoms. The largest absolute Gasteiger partial charge is 0.348 e. The number of primary sulfonamides is 1. The van der Waals surface area contributed by atoms with Gasteiger partial charge < -0.3 is 5.32 Å². The van der Waals surface area contributed by atoms with Crippen molar-refractivity contribution >= 4 is 15.9 Å². The van der Waals surface area contributed by atoms with Gasteiger partial charge in [0.2, 0.25) is 10.0 Å². The molecule has 1 aromatic rings. The molecule has 2 atom stereocenters. The Morgan fingerprint density at radius 3 is 2.70 bits per heavy atom. The minimum absolute atomic E-state index is 0.101. The second-order valence-electron chi connectivity index (χ2n) is 5.62. The normalized spacial score (nSPS) is 25.5. The van der Waals surface area contributed by atoms with Gasteiger partial charge in [-0.1, -0.05) is 13.3 Å². The maximum atomic E-state index is 12.2. The number of aromatic amines is 1. The molecule has 0 aliphatic heterocycles. The smallest absolute Gasteiger partial charge is 0.273 e. The van der Waals surface area contributed by atoms with Crippen LogP contribution < -0.4 is 10.5 Å². The number of H-pyrrole nitrogens is 1. The Bertz CT molecular complexity index is 648. The predicted octanol–water partition coefficient (Wildman–Crippen LogP) is 0.463. The molecule has 7 nitrogen and oxygen atoms in total. The number of carbonyl (C=O) groups is 1. The number of hydrogen-bond acceptors (Lipinski definition) is 4. The number of rotatable bonds is 5. The average molecular weight is 298 g/mol. The van der Waals surface area contributed by atoms with E-state index < -0.39 is 15.9 Å². The Hall–Kier alpha value is -1.41. The number of sulfonamides is 1. The molecule has 1 heterocycles. The van der Waals surface area contributed by atoms with E-state index in [0.29, 0.717) is 11.6 Å². The third kappa shape index (κ3) is 2.45. The van der Waals surface area contributed by atoms with Gasteiger partial charge in [0.1, 0.15) is 4.90 Å². The molecule has 0 aromatic carbocycles. The molecule has 0 spiro atoms. The molecule has 1 aromatic heterocycles.